The molecule has 2 aromatic heterocycles. The first-order valence-electron chi connectivity index (χ1n) is 10.1. The molecule has 0 aliphatic carbocycles. The van der Waals surface area contributed by atoms with Crippen molar-refractivity contribution < 1.29 is 9.59 Å². The van der Waals surface area contributed by atoms with Gasteiger partial charge in [0.15, 0.2) is 10.8 Å². The molecule has 1 saturated heterocycles. The number of hydrogen-bond acceptors (Lipinski definition) is 7. The Morgan fingerprint density at radius 2 is 2.03 bits per heavy atom. The highest BCUT2D eigenvalue weighted by molar-refractivity contribution is 7.22. The van der Waals surface area contributed by atoms with Crippen molar-refractivity contribution >= 4 is 38.6 Å². The lowest BCUT2D eigenvalue weighted by Crippen LogP contribution is -2.40. The Kier molecular flexibility index (Phi) is 6.83. The van der Waals surface area contributed by atoms with Crippen LogP contribution in [0.25, 0.3) is 10.3 Å². The third kappa shape index (κ3) is 5.11. The Hall–Kier alpha value is -2.49. The molecule has 158 valence electrons. The minimum Gasteiger partial charge on any atom is -0.356 e. The number of aromatic nitrogens is 3. The molecule has 10 heteroatoms. The average Bonchev–Trinajstić information content (AvgIpc) is 3.13. The van der Waals surface area contributed by atoms with Crippen LogP contribution in [0.1, 0.15) is 40.0 Å². The molecule has 0 spiro atoms. The fourth-order valence-electron chi connectivity index (χ4n) is 3.33. The van der Waals surface area contributed by atoms with Gasteiger partial charge in [-0.15, -0.1) is 0 Å². The van der Waals surface area contributed by atoms with Crippen LogP contribution in [0.15, 0.2) is 11.1 Å². The Morgan fingerprint density at radius 3 is 2.69 bits per heavy atom. The lowest BCUT2D eigenvalue weighted by Gasteiger charge is -2.30. The van der Waals surface area contributed by atoms with Crippen molar-refractivity contribution in [3.63, 3.8) is 0 Å². The molecule has 0 saturated carbocycles. The van der Waals surface area contributed by atoms with Gasteiger partial charge in [0, 0.05) is 31.6 Å². The number of fused-ring (bicyclic) bond motifs is 1. The van der Waals surface area contributed by atoms with E-state index >= 15 is 0 Å². The monoisotopic (exact) mass is 420 g/mol. The molecular weight excluding hydrogens is 392 g/mol. The summed E-state index contributed by atoms with van der Waals surface area (Å²) < 4.78 is 1.76. The predicted molar refractivity (Wildman–Crippen MR) is 113 cm³/mol. The first kappa shape index (κ1) is 21.2. The lowest BCUT2D eigenvalue weighted by molar-refractivity contribution is -0.125. The normalized spacial score (nSPS) is 15.1. The molecule has 0 atom stereocenters. The maximum atomic E-state index is 12.7. The number of hydrogen-bond donors (Lipinski definition) is 2. The van der Waals surface area contributed by atoms with Crippen molar-refractivity contribution in [2.75, 3.05) is 24.5 Å². The zero-order valence-electron chi connectivity index (χ0n) is 17.1. The van der Waals surface area contributed by atoms with Gasteiger partial charge in [0.25, 0.3) is 5.56 Å². The summed E-state index contributed by atoms with van der Waals surface area (Å²) in [6.07, 6.45) is 3.83. The minimum atomic E-state index is -0.258. The summed E-state index contributed by atoms with van der Waals surface area (Å²) in [6.45, 7) is 7.86. The Labute approximate surface area is 173 Å². The summed E-state index contributed by atoms with van der Waals surface area (Å²) in [4.78, 5) is 47.7. The van der Waals surface area contributed by atoms with Gasteiger partial charge in [0.05, 0.1) is 0 Å². The maximum Gasteiger partial charge on any atom is 0.273 e. The van der Waals surface area contributed by atoms with Crippen LogP contribution in [0.5, 0.6) is 0 Å². The van der Waals surface area contributed by atoms with Gasteiger partial charge in [0.1, 0.15) is 17.6 Å². The number of carbonyl (C=O) groups excluding carboxylic acids is 2. The number of nitrogens with one attached hydrogen (secondary N) is 2. The van der Waals surface area contributed by atoms with Crippen molar-refractivity contribution in [2.24, 2.45) is 5.92 Å². The van der Waals surface area contributed by atoms with Crippen LogP contribution in [0, 0.1) is 5.92 Å². The van der Waals surface area contributed by atoms with Crippen molar-refractivity contribution in [3.05, 3.63) is 16.7 Å². The van der Waals surface area contributed by atoms with Crippen LogP contribution >= 0.6 is 11.3 Å². The van der Waals surface area contributed by atoms with E-state index in [1.165, 1.54) is 22.2 Å². The average molecular weight is 421 g/mol. The zero-order valence-corrected chi connectivity index (χ0v) is 17.9. The van der Waals surface area contributed by atoms with Gasteiger partial charge >= 0.3 is 0 Å². The van der Waals surface area contributed by atoms with Crippen molar-refractivity contribution in [1.29, 1.82) is 0 Å². The summed E-state index contributed by atoms with van der Waals surface area (Å²) in [5.41, 5.74) is 0.143. The molecule has 9 nitrogen and oxygen atoms in total. The van der Waals surface area contributed by atoms with Crippen LogP contribution in [-0.4, -0.2) is 52.0 Å². The van der Waals surface area contributed by atoms with E-state index in [0.717, 1.165) is 37.5 Å². The second kappa shape index (κ2) is 9.34. The molecular formula is C19H28N6O3S. The standard InChI is InChI=1S/C19H28N6O3S/c1-4-7-20-17(27)13-5-8-24(9-6-13)19-23-16-15(29-19)18(28)25(11-21-16)10-14(26)22-12(2)3/h11-13H,4-10H2,1-3H3,(H,20,27)(H,22,26). The van der Waals surface area contributed by atoms with E-state index in [1.807, 2.05) is 20.8 Å². The van der Waals surface area contributed by atoms with E-state index in [2.05, 4.69) is 25.5 Å². The largest absolute Gasteiger partial charge is 0.356 e. The van der Waals surface area contributed by atoms with Gasteiger partial charge < -0.3 is 15.5 Å². The molecule has 0 aromatic carbocycles. The summed E-state index contributed by atoms with van der Waals surface area (Å²) in [6, 6.07) is 0.0110. The molecule has 2 N–H and O–H groups in total. The third-order valence-corrected chi connectivity index (χ3v) is 5.91. The number of nitrogens with zero attached hydrogens (tertiary/aromatic N) is 4. The highest BCUT2D eigenvalue weighted by atomic mass is 32.1. The van der Waals surface area contributed by atoms with Crippen molar-refractivity contribution in [1.82, 2.24) is 25.2 Å². The van der Waals surface area contributed by atoms with E-state index in [9.17, 15) is 14.4 Å². The number of carbonyl (C=O) groups is 2. The van der Waals surface area contributed by atoms with Crippen LogP contribution < -0.4 is 21.1 Å². The van der Waals surface area contributed by atoms with Gasteiger partial charge in [-0.3, -0.25) is 19.0 Å². The smallest absolute Gasteiger partial charge is 0.273 e. The van der Waals surface area contributed by atoms with Crippen LogP contribution in [0.2, 0.25) is 0 Å². The SMILES string of the molecule is CCCNC(=O)C1CCN(c2nc3ncn(CC(=O)NC(C)C)c(=O)c3s2)CC1. The lowest BCUT2D eigenvalue weighted by atomic mass is 9.96. The van der Waals surface area contributed by atoms with Gasteiger partial charge in [0.2, 0.25) is 11.8 Å². The molecule has 3 heterocycles. The summed E-state index contributed by atoms with van der Waals surface area (Å²) >= 11 is 1.30. The number of rotatable bonds is 7. The quantitative estimate of drug-likeness (QED) is 0.695. The highest BCUT2D eigenvalue weighted by Crippen LogP contribution is 2.29. The Morgan fingerprint density at radius 1 is 1.31 bits per heavy atom. The second-order valence-electron chi connectivity index (χ2n) is 7.60. The maximum absolute atomic E-state index is 12.7. The summed E-state index contributed by atoms with van der Waals surface area (Å²) in [5.74, 6) is -0.0709. The molecule has 1 aliphatic rings. The number of anilines is 1. The predicted octanol–water partition coefficient (Wildman–Crippen LogP) is 1.12. The number of thiazole rings is 1. The van der Waals surface area contributed by atoms with Crippen molar-refractivity contribution in [3.8, 4) is 0 Å². The summed E-state index contributed by atoms with van der Waals surface area (Å²) in [7, 11) is 0. The molecule has 0 radical (unpaired) electrons. The first-order chi connectivity index (χ1) is 13.9. The minimum absolute atomic E-state index is 0.0110. The third-order valence-electron chi connectivity index (χ3n) is 4.82. The molecule has 29 heavy (non-hydrogen) atoms. The van der Waals surface area contributed by atoms with Gasteiger partial charge in [-0.2, -0.15) is 4.98 Å². The molecule has 3 rings (SSSR count). The van der Waals surface area contributed by atoms with Crippen LogP contribution in [-0.2, 0) is 16.1 Å². The number of piperidine rings is 1. The van der Waals surface area contributed by atoms with Crippen LogP contribution in [0.3, 0.4) is 0 Å². The van der Waals surface area contributed by atoms with Crippen LogP contribution in [0.4, 0.5) is 5.13 Å². The topological polar surface area (TPSA) is 109 Å². The van der Waals surface area contributed by atoms with E-state index in [1.54, 1.807) is 0 Å². The van der Waals surface area contributed by atoms with Gasteiger partial charge in [-0.05, 0) is 33.1 Å². The van der Waals surface area contributed by atoms with E-state index in [-0.39, 0.29) is 35.9 Å². The Balaban J connectivity index is 1.69. The van der Waals surface area contributed by atoms with Gasteiger partial charge in [-0.25, -0.2) is 4.98 Å². The van der Waals surface area contributed by atoms with Gasteiger partial charge in [-0.1, -0.05) is 18.3 Å². The Bertz CT molecular complexity index is 930. The zero-order chi connectivity index (χ0) is 21.0. The molecule has 1 fully saturated rings. The molecule has 0 unspecified atom stereocenters. The van der Waals surface area contributed by atoms with E-state index < -0.39 is 0 Å². The van der Waals surface area contributed by atoms with E-state index in [4.69, 9.17) is 0 Å². The van der Waals surface area contributed by atoms with Crippen molar-refractivity contribution in [2.45, 2.75) is 52.6 Å². The molecule has 1 aliphatic heterocycles. The van der Waals surface area contributed by atoms with E-state index in [0.29, 0.717) is 16.9 Å². The number of amides is 2. The first-order valence-corrected chi connectivity index (χ1v) is 10.9. The second-order valence-corrected chi connectivity index (χ2v) is 8.58. The molecule has 2 amide bonds. The molecule has 2 aromatic rings. The molecule has 0 bridgehead atoms. The summed E-state index contributed by atoms with van der Waals surface area (Å²) in [5, 5.41) is 6.47. The fourth-order valence-corrected chi connectivity index (χ4v) is 4.35. The highest BCUT2D eigenvalue weighted by Gasteiger charge is 2.26. The fraction of sp³-hybridized carbons (Fsp3) is 0.632.